The van der Waals surface area contributed by atoms with Gasteiger partial charge in [0.2, 0.25) is 0 Å². The maximum absolute atomic E-state index is 10.1. The second kappa shape index (κ2) is 7.21. The van der Waals surface area contributed by atoms with E-state index in [2.05, 4.69) is 0 Å². The summed E-state index contributed by atoms with van der Waals surface area (Å²) in [6.07, 6.45) is 0.656. The summed E-state index contributed by atoms with van der Waals surface area (Å²) in [7, 11) is 0. The monoisotopic (exact) mass is 256 g/mol. The first kappa shape index (κ1) is 13.1. The molecule has 0 atom stereocenters. The van der Waals surface area contributed by atoms with Gasteiger partial charge in [0.25, 0.3) is 6.47 Å². The molecule has 0 aliphatic heterocycles. The van der Waals surface area contributed by atoms with E-state index in [9.17, 15) is 4.79 Å². The number of para-hydroxylation sites is 1. The molecule has 98 valence electrons. The highest BCUT2D eigenvalue weighted by atomic mass is 16.5. The summed E-state index contributed by atoms with van der Waals surface area (Å²) in [5.74, 6) is 0.834. The SMILES string of the molecule is O=COCCc1ccccc1OCc1ccccc1. The van der Waals surface area contributed by atoms with Gasteiger partial charge in [-0.1, -0.05) is 48.5 Å². The molecule has 0 unspecified atom stereocenters. The van der Waals surface area contributed by atoms with Crippen molar-refractivity contribution in [2.75, 3.05) is 6.61 Å². The van der Waals surface area contributed by atoms with Crippen LogP contribution < -0.4 is 4.74 Å². The second-order valence-electron chi connectivity index (χ2n) is 4.10. The number of hydrogen-bond acceptors (Lipinski definition) is 3. The molecule has 3 nitrogen and oxygen atoms in total. The summed E-state index contributed by atoms with van der Waals surface area (Å²) < 4.78 is 10.5. The van der Waals surface area contributed by atoms with E-state index in [0.29, 0.717) is 26.1 Å². The van der Waals surface area contributed by atoms with Crippen molar-refractivity contribution in [1.29, 1.82) is 0 Å². The number of benzene rings is 2. The van der Waals surface area contributed by atoms with Crippen molar-refractivity contribution in [3.05, 3.63) is 65.7 Å². The molecule has 0 N–H and O–H groups in total. The van der Waals surface area contributed by atoms with Crippen LogP contribution in [0.15, 0.2) is 54.6 Å². The number of ether oxygens (including phenoxy) is 2. The maximum atomic E-state index is 10.1. The molecule has 19 heavy (non-hydrogen) atoms. The van der Waals surface area contributed by atoms with Crippen LogP contribution in [-0.2, 0) is 22.6 Å². The second-order valence-corrected chi connectivity index (χ2v) is 4.10. The summed E-state index contributed by atoms with van der Waals surface area (Å²) >= 11 is 0. The van der Waals surface area contributed by atoms with Crippen molar-refractivity contribution in [3.63, 3.8) is 0 Å². The van der Waals surface area contributed by atoms with Gasteiger partial charge in [-0.25, -0.2) is 0 Å². The molecule has 0 spiro atoms. The van der Waals surface area contributed by atoms with Crippen LogP contribution in [0.4, 0.5) is 0 Å². The van der Waals surface area contributed by atoms with Gasteiger partial charge in [-0.15, -0.1) is 0 Å². The van der Waals surface area contributed by atoms with Gasteiger partial charge in [0.05, 0.1) is 6.61 Å². The van der Waals surface area contributed by atoms with Gasteiger partial charge >= 0.3 is 0 Å². The fourth-order valence-electron chi connectivity index (χ4n) is 1.80. The highest BCUT2D eigenvalue weighted by Crippen LogP contribution is 2.19. The van der Waals surface area contributed by atoms with E-state index in [4.69, 9.17) is 9.47 Å². The molecule has 0 bridgehead atoms. The van der Waals surface area contributed by atoms with E-state index >= 15 is 0 Å². The van der Waals surface area contributed by atoms with Crippen molar-refractivity contribution in [3.8, 4) is 5.75 Å². The fraction of sp³-hybridized carbons (Fsp3) is 0.188. The highest BCUT2D eigenvalue weighted by Gasteiger charge is 2.03. The van der Waals surface area contributed by atoms with Crippen molar-refractivity contribution in [2.24, 2.45) is 0 Å². The Morgan fingerprint density at radius 3 is 2.47 bits per heavy atom. The largest absolute Gasteiger partial charge is 0.489 e. The summed E-state index contributed by atoms with van der Waals surface area (Å²) in [4.78, 5) is 10.1. The van der Waals surface area contributed by atoms with Gasteiger partial charge in [0, 0.05) is 6.42 Å². The summed E-state index contributed by atoms with van der Waals surface area (Å²) in [5, 5.41) is 0. The molecule has 0 aliphatic rings. The predicted octanol–water partition coefficient (Wildman–Crippen LogP) is 2.98. The van der Waals surface area contributed by atoms with Crippen LogP contribution in [0, 0.1) is 0 Å². The molecule has 0 radical (unpaired) electrons. The predicted molar refractivity (Wildman–Crippen MR) is 72.9 cm³/mol. The average molecular weight is 256 g/mol. The Bertz CT molecular complexity index is 508. The summed E-state index contributed by atoms with van der Waals surface area (Å²) in [6, 6.07) is 17.8. The van der Waals surface area contributed by atoms with Gasteiger partial charge in [-0.2, -0.15) is 0 Å². The van der Waals surface area contributed by atoms with Crippen molar-refractivity contribution < 1.29 is 14.3 Å². The van der Waals surface area contributed by atoms with Crippen LogP contribution in [-0.4, -0.2) is 13.1 Å². The van der Waals surface area contributed by atoms with Crippen LogP contribution in [0.1, 0.15) is 11.1 Å². The van der Waals surface area contributed by atoms with Crippen LogP contribution >= 0.6 is 0 Å². The lowest BCUT2D eigenvalue weighted by Crippen LogP contribution is -2.01. The molecule has 0 saturated heterocycles. The Hall–Kier alpha value is -2.29. The van der Waals surface area contributed by atoms with Crippen molar-refractivity contribution in [1.82, 2.24) is 0 Å². The Morgan fingerprint density at radius 2 is 1.68 bits per heavy atom. The van der Waals surface area contributed by atoms with Gasteiger partial charge < -0.3 is 9.47 Å². The number of carbonyl (C=O) groups is 1. The van der Waals surface area contributed by atoms with E-state index < -0.39 is 0 Å². The Balaban J connectivity index is 1.97. The van der Waals surface area contributed by atoms with E-state index in [1.807, 2.05) is 54.6 Å². The molecule has 2 aromatic carbocycles. The van der Waals surface area contributed by atoms with Gasteiger partial charge in [-0.3, -0.25) is 4.79 Å². The lowest BCUT2D eigenvalue weighted by atomic mass is 10.1. The minimum Gasteiger partial charge on any atom is -0.489 e. The molecular formula is C16H16O3. The first-order chi connectivity index (χ1) is 9.40. The number of hydrogen-bond donors (Lipinski definition) is 0. The molecular weight excluding hydrogens is 240 g/mol. The Morgan fingerprint density at radius 1 is 0.947 bits per heavy atom. The molecule has 3 heteroatoms. The fourth-order valence-corrected chi connectivity index (χ4v) is 1.80. The van der Waals surface area contributed by atoms with E-state index in [1.54, 1.807) is 0 Å². The minimum atomic E-state index is 0.370. The van der Waals surface area contributed by atoms with Crippen LogP contribution in [0.3, 0.4) is 0 Å². The third-order valence-electron chi connectivity index (χ3n) is 2.77. The molecule has 0 amide bonds. The summed E-state index contributed by atoms with van der Waals surface area (Å²) in [5.41, 5.74) is 2.17. The van der Waals surface area contributed by atoms with E-state index in [1.165, 1.54) is 0 Å². The van der Waals surface area contributed by atoms with Crippen molar-refractivity contribution in [2.45, 2.75) is 13.0 Å². The first-order valence-corrected chi connectivity index (χ1v) is 6.20. The van der Waals surface area contributed by atoms with Crippen LogP contribution in [0.5, 0.6) is 5.75 Å². The normalized spacial score (nSPS) is 9.89. The molecule has 0 heterocycles. The van der Waals surface area contributed by atoms with Gasteiger partial charge in [-0.05, 0) is 17.2 Å². The van der Waals surface area contributed by atoms with Crippen molar-refractivity contribution >= 4 is 6.47 Å². The molecule has 2 rings (SSSR count). The molecule has 0 saturated carbocycles. The lowest BCUT2D eigenvalue weighted by molar-refractivity contribution is -0.128. The minimum absolute atomic E-state index is 0.370. The smallest absolute Gasteiger partial charge is 0.293 e. The van der Waals surface area contributed by atoms with E-state index in [-0.39, 0.29) is 0 Å². The molecule has 2 aromatic rings. The average Bonchev–Trinajstić information content (AvgIpc) is 2.48. The lowest BCUT2D eigenvalue weighted by Gasteiger charge is -2.11. The topological polar surface area (TPSA) is 35.5 Å². The quantitative estimate of drug-likeness (QED) is 0.564. The Kier molecular flexibility index (Phi) is 4.99. The van der Waals surface area contributed by atoms with Gasteiger partial charge in [0.15, 0.2) is 0 Å². The third-order valence-corrected chi connectivity index (χ3v) is 2.77. The number of carbonyl (C=O) groups excluding carboxylic acids is 1. The number of rotatable bonds is 7. The standard InChI is InChI=1S/C16H16O3/c17-13-18-11-10-15-8-4-5-9-16(15)19-12-14-6-2-1-3-7-14/h1-9,13H,10-12H2. The first-order valence-electron chi connectivity index (χ1n) is 6.20. The summed E-state index contributed by atoms with van der Waals surface area (Å²) in [6.45, 7) is 1.37. The van der Waals surface area contributed by atoms with Crippen LogP contribution in [0.2, 0.25) is 0 Å². The molecule has 0 aromatic heterocycles. The Labute approximate surface area is 112 Å². The third kappa shape index (κ3) is 4.14. The maximum Gasteiger partial charge on any atom is 0.293 e. The zero-order chi connectivity index (χ0) is 13.3. The zero-order valence-corrected chi connectivity index (χ0v) is 10.6. The highest BCUT2D eigenvalue weighted by molar-refractivity contribution is 5.38. The molecule has 0 aliphatic carbocycles. The van der Waals surface area contributed by atoms with Crippen LogP contribution in [0.25, 0.3) is 0 Å². The van der Waals surface area contributed by atoms with E-state index in [0.717, 1.165) is 16.9 Å². The van der Waals surface area contributed by atoms with Gasteiger partial charge in [0.1, 0.15) is 12.4 Å². The molecule has 0 fully saturated rings. The zero-order valence-electron chi connectivity index (χ0n) is 10.6.